The lowest BCUT2D eigenvalue weighted by Gasteiger charge is -2.26. The maximum atomic E-state index is 7.05. The molecule has 0 bridgehead atoms. The van der Waals surface area contributed by atoms with E-state index in [9.17, 15) is 0 Å². The van der Waals surface area contributed by atoms with Crippen molar-refractivity contribution in [3.05, 3.63) is 461 Å². The predicted octanol–water partition coefficient (Wildman–Crippen LogP) is 37.3. The smallest absolute Gasteiger partial charge is 0.143 e. The second kappa shape index (κ2) is 30.7. The van der Waals surface area contributed by atoms with E-state index in [-0.39, 0.29) is 0 Å². The summed E-state index contributed by atoms with van der Waals surface area (Å²) in [5.74, 6) is 0. The van der Waals surface area contributed by atoms with Crippen LogP contribution in [0.15, 0.2) is 488 Å². The van der Waals surface area contributed by atoms with E-state index in [1.165, 1.54) is 16.2 Å². The van der Waals surface area contributed by atoms with Gasteiger partial charge in [0.1, 0.15) is 67.0 Å². The summed E-state index contributed by atoms with van der Waals surface area (Å²) in [5, 5.41) is 17.8. The molecule has 0 radical (unpaired) electrons. The lowest BCUT2D eigenvalue weighted by molar-refractivity contribution is 0.668. The van der Waals surface area contributed by atoms with E-state index in [4.69, 9.17) is 26.5 Å². The molecule has 0 saturated carbocycles. The molecule has 0 spiro atoms. The van der Waals surface area contributed by atoms with Crippen LogP contribution >= 0.6 is 0 Å². The highest BCUT2D eigenvalue weighted by molar-refractivity contribution is 6.20. The quantitative estimate of drug-likeness (QED) is 0.100. The SMILES string of the molecule is c1ccc2c(c1)oc1c(-c3ccc4cc(-c5ccc(N(c6ccc(-c7cccc8oc9ccccc9c78)cc6)c6ccc(-c7ccc(-c8ccc9c(c8)oc8cccc(-c%10ccc(N(c%11ccc(-c%12ccc%13cc(-c%14cccc%15oc%16ccccc%16c%14%15)ccc%13c%12)cc%11)c%11ccc(-c%12cccc%13oc%14ccccc%14c%12%13)cc%11)cc%10)c89)c8oc9ccccc9c78)cc6)cc5)ccc4c3)cccc12. The largest absolute Gasteiger partial charge is 0.456 e. The summed E-state index contributed by atoms with van der Waals surface area (Å²) in [6, 6.07) is 165. The molecule has 0 N–H and O–H groups in total. The van der Waals surface area contributed by atoms with Gasteiger partial charge < -0.3 is 36.3 Å². The van der Waals surface area contributed by atoms with Crippen molar-refractivity contribution < 1.29 is 26.5 Å². The van der Waals surface area contributed by atoms with Crippen molar-refractivity contribution in [1.82, 2.24) is 0 Å². The molecule has 28 aromatic rings. The number of rotatable bonds is 15. The number of furan rings is 6. The maximum Gasteiger partial charge on any atom is 0.143 e. The second-order valence-corrected chi connectivity index (χ2v) is 35.6. The molecule has 0 aliphatic carbocycles. The molecule has 136 heavy (non-hydrogen) atoms. The van der Waals surface area contributed by atoms with Gasteiger partial charge in [-0.15, -0.1) is 0 Å². The topological polar surface area (TPSA) is 85.3 Å². The van der Waals surface area contributed by atoms with Crippen LogP contribution in [0.3, 0.4) is 0 Å². The van der Waals surface area contributed by atoms with Gasteiger partial charge in [-0.3, -0.25) is 0 Å². The van der Waals surface area contributed by atoms with Crippen LogP contribution in [0, 0.1) is 0 Å². The molecule has 6 aromatic heterocycles. The Kier molecular flexibility index (Phi) is 17.3. The van der Waals surface area contributed by atoms with Gasteiger partial charge in [-0.25, -0.2) is 0 Å². The van der Waals surface area contributed by atoms with Gasteiger partial charge >= 0.3 is 0 Å². The molecule has 8 heteroatoms. The summed E-state index contributed by atoms with van der Waals surface area (Å²) in [5.41, 5.74) is 36.2. The van der Waals surface area contributed by atoms with Gasteiger partial charge in [-0.05, 0) is 280 Å². The average Bonchev–Trinajstić information content (AvgIpc) is 1.58. The molecular formula is C128H76N2O6. The van der Waals surface area contributed by atoms with Crippen molar-refractivity contribution in [3.8, 4) is 100 Å². The minimum atomic E-state index is 0.789. The molecular weight excluding hydrogens is 1660 g/mol. The van der Waals surface area contributed by atoms with Gasteiger partial charge in [0.05, 0.1) is 0 Å². The van der Waals surface area contributed by atoms with E-state index in [1.807, 2.05) is 54.6 Å². The number of fused-ring (bicyclic) bond motifs is 20. The van der Waals surface area contributed by atoms with E-state index in [0.717, 1.165) is 271 Å². The first-order chi connectivity index (χ1) is 67.3. The summed E-state index contributed by atoms with van der Waals surface area (Å²) in [6.45, 7) is 0. The van der Waals surface area contributed by atoms with Gasteiger partial charge in [0.15, 0.2) is 0 Å². The van der Waals surface area contributed by atoms with Crippen molar-refractivity contribution in [1.29, 1.82) is 0 Å². The third kappa shape index (κ3) is 12.5. The third-order valence-electron chi connectivity index (χ3n) is 27.9. The average molecular weight is 1740 g/mol. The highest BCUT2D eigenvalue weighted by Crippen LogP contribution is 2.50. The zero-order valence-electron chi connectivity index (χ0n) is 73.2. The van der Waals surface area contributed by atoms with E-state index >= 15 is 0 Å². The van der Waals surface area contributed by atoms with Gasteiger partial charge in [0.25, 0.3) is 0 Å². The maximum absolute atomic E-state index is 7.05. The van der Waals surface area contributed by atoms with Gasteiger partial charge in [0, 0.05) is 110 Å². The van der Waals surface area contributed by atoms with Crippen molar-refractivity contribution >= 4 is 187 Å². The van der Waals surface area contributed by atoms with E-state index in [0.29, 0.717) is 0 Å². The minimum absolute atomic E-state index is 0.789. The standard InChI is InChI=1S/C128H76N2O6/c1-6-27-112-105(16-1)106-26-11-25-103(127(106)135-112)90-43-41-86-73-84(37-39-88(86)75-90)78-46-59-93(60-47-78)130(95-63-50-80(51-64-95)99-22-13-33-118-123(99)108-18-3-8-29-114(108)132-118)97-67-54-82(55-68-97)102-70-71-104(128-126(102)110-20-5-10-31-116(110)136-128)91-56-69-111-121(76-91)134-120-35-14-23-100(124(111)120)81-52-65-96(66-53-81)129(94-61-48-79(49-62-94)98-21-12-32-117-122(98)107-17-2-7-28-113(107)131-117)92-57-44-77(45-58-92)83-36-38-87-74-89(42-40-85(87)72-83)101-24-15-34-119-125(101)109-19-4-9-30-115(109)133-119/h1-76H. The van der Waals surface area contributed by atoms with Gasteiger partial charge in [-0.2, -0.15) is 0 Å². The Hall–Kier alpha value is -18.2. The first-order valence-electron chi connectivity index (χ1n) is 46.2. The Morgan fingerprint density at radius 3 is 0.779 bits per heavy atom. The molecule has 22 aromatic carbocycles. The predicted molar refractivity (Wildman–Crippen MR) is 563 cm³/mol. The van der Waals surface area contributed by atoms with Crippen LogP contribution in [-0.2, 0) is 0 Å². The zero-order valence-corrected chi connectivity index (χ0v) is 73.2. The summed E-state index contributed by atoms with van der Waals surface area (Å²) in [6.07, 6.45) is 0. The molecule has 634 valence electrons. The van der Waals surface area contributed by atoms with Crippen molar-refractivity contribution in [2.75, 3.05) is 9.80 Å². The molecule has 0 atom stereocenters. The second-order valence-electron chi connectivity index (χ2n) is 35.6. The molecule has 0 amide bonds. The fourth-order valence-electron chi connectivity index (χ4n) is 21.4. The highest BCUT2D eigenvalue weighted by atomic mass is 16.3. The van der Waals surface area contributed by atoms with Crippen LogP contribution < -0.4 is 9.80 Å². The van der Waals surface area contributed by atoms with Crippen molar-refractivity contribution in [2.45, 2.75) is 0 Å². The number of nitrogens with zero attached hydrogens (tertiary/aromatic N) is 2. The lowest BCUT2D eigenvalue weighted by Crippen LogP contribution is -2.09. The molecule has 0 aliphatic heterocycles. The third-order valence-corrected chi connectivity index (χ3v) is 27.9. The summed E-state index contributed by atoms with van der Waals surface area (Å²) in [7, 11) is 0. The summed E-state index contributed by atoms with van der Waals surface area (Å²) >= 11 is 0. The first kappa shape index (κ1) is 76.6. The van der Waals surface area contributed by atoms with E-state index < -0.39 is 0 Å². The molecule has 6 heterocycles. The number of para-hydroxylation sites is 6. The number of hydrogen-bond donors (Lipinski definition) is 0. The van der Waals surface area contributed by atoms with Crippen LogP contribution in [0.1, 0.15) is 0 Å². The molecule has 0 aliphatic rings. The van der Waals surface area contributed by atoms with Crippen LogP contribution in [0.25, 0.3) is 253 Å². The summed E-state index contributed by atoms with van der Waals surface area (Å²) < 4.78 is 39.6. The Morgan fingerprint density at radius 2 is 0.368 bits per heavy atom. The highest BCUT2D eigenvalue weighted by Gasteiger charge is 2.26. The fourth-order valence-corrected chi connectivity index (χ4v) is 21.4. The molecule has 0 saturated heterocycles. The first-order valence-corrected chi connectivity index (χ1v) is 46.2. The van der Waals surface area contributed by atoms with Crippen LogP contribution in [-0.4, -0.2) is 0 Å². The molecule has 0 unspecified atom stereocenters. The van der Waals surface area contributed by atoms with E-state index in [2.05, 4.69) is 416 Å². The van der Waals surface area contributed by atoms with Crippen molar-refractivity contribution in [3.63, 3.8) is 0 Å². The Morgan fingerprint density at radius 1 is 0.125 bits per heavy atom. The lowest BCUT2D eigenvalue weighted by atomic mass is 9.93. The van der Waals surface area contributed by atoms with Gasteiger partial charge in [0.2, 0.25) is 0 Å². The Balaban J connectivity index is 0.492. The number of anilines is 6. The van der Waals surface area contributed by atoms with Gasteiger partial charge in [-0.1, -0.05) is 291 Å². The van der Waals surface area contributed by atoms with Crippen molar-refractivity contribution in [2.24, 2.45) is 0 Å². The van der Waals surface area contributed by atoms with E-state index in [1.54, 1.807) is 0 Å². The number of hydrogen-bond acceptors (Lipinski definition) is 8. The molecule has 28 rings (SSSR count). The van der Waals surface area contributed by atoms with Crippen LogP contribution in [0.2, 0.25) is 0 Å². The van der Waals surface area contributed by atoms with Crippen LogP contribution in [0.5, 0.6) is 0 Å². The Bertz CT molecular complexity index is 9730. The number of benzene rings is 22. The molecule has 8 nitrogen and oxygen atoms in total. The zero-order chi connectivity index (χ0) is 89.2. The minimum Gasteiger partial charge on any atom is -0.456 e. The monoisotopic (exact) mass is 1740 g/mol. The normalized spacial score (nSPS) is 12.0. The summed E-state index contributed by atoms with van der Waals surface area (Å²) in [4.78, 5) is 4.70. The molecule has 0 fully saturated rings. The Labute approximate surface area is 779 Å². The fraction of sp³-hybridized carbons (Fsp3) is 0. The van der Waals surface area contributed by atoms with Crippen LogP contribution in [0.4, 0.5) is 34.1 Å².